The van der Waals surface area contributed by atoms with Gasteiger partial charge in [-0.3, -0.25) is 24.5 Å². The number of ether oxygens (including phenoxy) is 2. The molecule has 4 aliphatic heterocycles. The highest BCUT2D eigenvalue weighted by Gasteiger charge is 2.64. The second kappa shape index (κ2) is 16.3. The van der Waals surface area contributed by atoms with E-state index in [1.807, 2.05) is 36.4 Å². The summed E-state index contributed by atoms with van der Waals surface area (Å²) in [5.74, 6) is 1.11. The Hall–Kier alpha value is -5.58. The molecular formula is C48H53ClN6O7. The van der Waals surface area contributed by atoms with Crippen LogP contribution in [0.4, 0.5) is 5.69 Å². The Morgan fingerprint density at radius 3 is 2.29 bits per heavy atom. The second-order valence-corrected chi connectivity index (χ2v) is 19.3. The summed E-state index contributed by atoms with van der Waals surface area (Å²) >= 11 is 6.25. The van der Waals surface area contributed by atoms with Crippen LogP contribution in [0.2, 0.25) is 5.02 Å². The lowest BCUT2D eigenvalue weighted by Gasteiger charge is -2.63. The van der Waals surface area contributed by atoms with Gasteiger partial charge < -0.3 is 33.9 Å². The number of imide groups is 1. The molecule has 3 aromatic carbocycles. The Balaban J connectivity index is 0.709. The number of carbonyl (C=O) groups excluding carboxylic acids is 4. The van der Waals surface area contributed by atoms with Crippen LogP contribution < -0.4 is 25.0 Å². The number of halogens is 1. The van der Waals surface area contributed by atoms with Crippen LogP contribution in [-0.4, -0.2) is 90.4 Å². The molecule has 0 radical (unpaired) electrons. The number of nitrogens with one attached hydrogen (secondary N) is 2. The molecule has 3 saturated heterocycles. The number of furan rings is 1. The second-order valence-electron chi connectivity index (χ2n) is 18.9. The molecule has 1 unspecified atom stereocenters. The summed E-state index contributed by atoms with van der Waals surface area (Å²) in [6.45, 7) is 13.6. The summed E-state index contributed by atoms with van der Waals surface area (Å²) in [5, 5.41) is 16.1. The molecule has 4 fully saturated rings. The summed E-state index contributed by atoms with van der Waals surface area (Å²) in [6.07, 6.45) is 4.58. The van der Waals surface area contributed by atoms with Gasteiger partial charge in [-0.05, 0) is 86.6 Å². The summed E-state index contributed by atoms with van der Waals surface area (Å²) in [5.41, 5.74) is 2.84. The number of rotatable bonds is 10. The maximum absolute atomic E-state index is 13.5. The monoisotopic (exact) mass is 860 g/mol. The normalized spacial score (nSPS) is 24.0. The number of nitriles is 1. The zero-order chi connectivity index (χ0) is 43.5. The van der Waals surface area contributed by atoms with E-state index in [-0.39, 0.29) is 53.2 Å². The van der Waals surface area contributed by atoms with Gasteiger partial charge in [0, 0.05) is 90.3 Å². The maximum atomic E-state index is 13.5. The van der Waals surface area contributed by atoms with Crippen molar-refractivity contribution in [1.82, 2.24) is 20.4 Å². The molecule has 1 aromatic heterocycles. The van der Waals surface area contributed by atoms with E-state index in [1.54, 1.807) is 18.2 Å². The zero-order valence-electron chi connectivity index (χ0n) is 35.7. The quantitative estimate of drug-likeness (QED) is 0.158. The van der Waals surface area contributed by atoms with E-state index < -0.39 is 11.9 Å². The van der Waals surface area contributed by atoms with Crippen LogP contribution in [0.25, 0.3) is 11.0 Å². The third-order valence-electron chi connectivity index (χ3n) is 14.0. The molecule has 1 aliphatic carbocycles. The van der Waals surface area contributed by atoms with Crippen molar-refractivity contribution in [2.75, 3.05) is 37.6 Å². The molecule has 2 N–H and O–H groups in total. The molecule has 62 heavy (non-hydrogen) atoms. The Bertz CT molecular complexity index is 2440. The van der Waals surface area contributed by atoms with Crippen LogP contribution in [0.15, 0.2) is 65.1 Å². The van der Waals surface area contributed by atoms with Crippen molar-refractivity contribution in [3.05, 3.63) is 88.1 Å². The van der Waals surface area contributed by atoms with Crippen LogP contribution in [0.3, 0.4) is 0 Å². The lowest BCUT2D eigenvalue weighted by Crippen LogP contribution is -2.74. The summed E-state index contributed by atoms with van der Waals surface area (Å²) < 4.78 is 18.9. The average molecular weight is 861 g/mol. The van der Waals surface area contributed by atoms with Crippen LogP contribution in [0.1, 0.15) is 98.3 Å². The molecule has 5 heterocycles. The first-order chi connectivity index (χ1) is 29.7. The van der Waals surface area contributed by atoms with Gasteiger partial charge in [0.1, 0.15) is 41.4 Å². The van der Waals surface area contributed by atoms with Crippen molar-refractivity contribution in [2.24, 2.45) is 16.7 Å². The number of nitrogens with zero attached hydrogens (tertiary/aromatic N) is 4. The first-order valence-electron chi connectivity index (χ1n) is 21.8. The van der Waals surface area contributed by atoms with E-state index in [9.17, 15) is 24.4 Å². The van der Waals surface area contributed by atoms with Crippen LogP contribution in [0, 0.1) is 28.1 Å². The highest BCUT2D eigenvalue weighted by Crippen LogP contribution is 2.55. The number of hydrogen-bond acceptors (Lipinski definition) is 10. The number of piperidine rings is 3. The Morgan fingerprint density at radius 1 is 0.903 bits per heavy atom. The van der Waals surface area contributed by atoms with Crippen molar-refractivity contribution in [2.45, 2.75) is 97.1 Å². The minimum Gasteiger partial charge on any atom is -0.490 e. The fourth-order valence-electron chi connectivity index (χ4n) is 10.9. The number of benzene rings is 3. The number of hydrogen-bond donors (Lipinski definition) is 2. The van der Waals surface area contributed by atoms with Crippen LogP contribution in [-0.2, 0) is 16.1 Å². The predicted octanol–water partition coefficient (Wildman–Crippen LogP) is 7.09. The smallest absolute Gasteiger partial charge is 0.290 e. The lowest BCUT2D eigenvalue weighted by atomic mass is 9.49. The van der Waals surface area contributed by atoms with Crippen molar-refractivity contribution < 1.29 is 33.1 Å². The van der Waals surface area contributed by atoms with E-state index >= 15 is 0 Å². The van der Waals surface area contributed by atoms with Crippen LogP contribution in [0.5, 0.6) is 11.5 Å². The number of amides is 4. The molecule has 4 aromatic rings. The molecule has 0 spiro atoms. The van der Waals surface area contributed by atoms with Gasteiger partial charge in [0.2, 0.25) is 11.8 Å². The fraction of sp³-hybridized carbons (Fsp3) is 0.479. The molecule has 4 amide bonds. The lowest BCUT2D eigenvalue weighted by molar-refractivity contribution is -0.164. The van der Waals surface area contributed by atoms with E-state index in [4.69, 9.17) is 25.5 Å². The van der Waals surface area contributed by atoms with Gasteiger partial charge >= 0.3 is 0 Å². The Labute approximate surface area is 366 Å². The van der Waals surface area contributed by atoms with Gasteiger partial charge in [0.25, 0.3) is 11.8 Å². The van der Waals surface area contributed by atoms with Gasteiger partial charge in [0.15, 0.2) is 5.76 Å². The van der Waals surface area contributed by atoms with Crippen molar-refractivity contribution in [1.29, 1.82) is 5.26 Å². The number of fused-ring (bicyclic) bond motifs is 3. The summed E-state index contributed by atoms with van der Waals surface area (Å²) in [7, 11) is 0. The minimum atomic E-state index is -0.661. The molecular weight excluding hydrogens is 808 g/mol. The molecule has 0 bridgehead atoms. The molecule has 14 heteroatoms. The molecule has 1 saturated carbocycles. The van der Waals surface area contributed by atoms with E-state index in [2.05, 4.69) is 60.3 Å². The van der Waals surface area contributed by atoms with Gasteiger partial charge in [-0.2, -0.15) is 5.26 Å². The topological polar surface area (TPSA) is 157 Å². The first kappa shape index (κ1) is 41.8. The number of carbonyl (C=O) groups is 4. The van der Waals surface area contributed by atoms with Gasteiger partial charge in [-0.15, -0.1) is 0 Å². The van der Waals surface area contributed by atoms with Gasteiger partial charge in [0.05, 0.1) is 17.1 Å². The minimum absolute atomic E-state index is 0.126. The standard InChI is InChI=1S/C48H53ClN6O7/c1-47(2)45(48(3,4)46(47)61-34-11-7-30(25-50)37(49)24-34)52-42(57)29-5-9-32(10-6-29)60-33-17-19-53(20-18-33)26-28-15-21-54(22-16-28)31-8-12-35-36-27-55(38-13-14-40(56)51-43(38)58)44(59)41(36)62-39(35)23-31/h5-12,23-24,28,33,38,45-46H,13-22,26-27H2,1-4H3,(H,52,57)(H,51,56,58). The molecule has 13 nitrogen and oxygen atoms in total. The molecule has 9 rings (SSSR count). The van der Waals surface area contributed by atoms with Crippen LogP contribution >= 0.6 is 11.6 Å². The average Bonchev–Trinajstić information content (AvgIpc) is 3.78. The van der Waals surface area contributed by atoms with Crippen molar-refractivity contribution >= 4 is 51.9 Å². The first-order valence-corrected chi connectivity index (χ1v) is 22.2. The van der Waals surface area contributed by atoms with Crippen molar-refractivity contribution in [3.63, 3.8) is 0 Å². The Morgan fingerprint density at radius 2 is 1.61 bits per heavy atom. The maximum Gasteiger partial charge on any atom is 0.290 e. The molecule has 324 valence electrons. The Kier molecular flexibility index (Phi) is 11.0. The van der Waals surface area contributed by atoms with E-state index in [0.717, 1.165) is 80.8 Å². The van der Waals surface area contributed by atoms with Gasteiger partial charge in [-0.1, -0.05) is 39.3 Å². The fourth-order valence-corrected chi connectivity index (χ4v) is 11.1. The SMILES string of the molecule is CC1(C)C(NC(=O)c2ccc(OC3CCN(CC4CCN(c5ccc6c7c(oc6c5)C(=O)N(C5CCC(=O)NC5=O)C7)CC4)CC3)cc2)C(C)(C)C1Oc1ccc(C#N)c(Cl)c1. The highest BCUT2D eigenvalue weighted by atomic mass is 35.5. The van der Waals surface area contributed by atoms with E-state index in [0.29, 0.717) is 52.1 Å². The molecule has 5 aliphatic rings. The number of likely N-dealkylation sites (tertiary alicyclic amines) is 1. The highest BCUT2D eigenvalue weighted by molar-refractivity contribution is 6.31. The van der Waals surface area contributed by atoms with E-state index in [1.165, 1.54) is 4.90 Å². The predicted molar refractivity (Wildman–Crippen MR) is 233 cm³/mol. The van der Waals surface area contributed by atoms with Crippen molar-refractivity contribution in [3.8, 4) is 17.6 Å². The largest absolute Gasteiger partial charge is 0.490 e. The third kappa shape index (κ3) is 7.77. The van der Waals surface area contributed by atoms with Gasteiger partial charge in [-0.25, -0.2) is 0 Å². The number of anilines is 1. The third-order valence-corrected chi connectivity index (χ3v) is 14.3. The summed E-state index contributed by atoms with van der Waals surface area (Å²) in [6, 6.07) is 20.0. The zero-order valence-corrected chi connectivity index (χ0v) is 36.4. The summed E-state index contributed by atoms with van der Waals surface area (Å²) in [4.78, 5) is 57.3. The molecule has 1 atom stereocenters.